The number of thiophene rings is 1. The lowest BCUT2D eigenvalue weighted by Gasteiger charge is -2.32. The van der Waals surface area contributed by atoms with Crippen LogP contribution in [0.25, 0.3) is 0 Å². The molecule has 0 N–H and O–H groups in total. The van der Waals surface area contributed by atoms with Crippen molar-refractivity contribution < 1.29 is 9.53 Å². The molecule has 0 saturated carbocycles. The van der Waals surface area contributed by atoms with Gasteiger partial charge < -0.3 is 9.64 Å². The number of hydrogen-bond acceptors (Lipinski definition) is 3. The van der Waals surface area contributed by atoms with E-state index in [1.54, 1.807) is 16.2 Å². The van der Waals surface area contributed by atoms with E-state index < -0.39 is 5.60 Å². The Labute approximate surface area is 158 Å². The molecular weight excluding hydrogens is 354 g/mol. The predicted molar refractivity (Wildman–Crippen MR) is 104 cm³/mol. The maximum Gasteiger partial charge on any atom is 0.410 e. The molecule has 3 rings (SSSR count). The van der Waals surface area contributed by atoms with Gasteiger partial charge in [-0.05, 0) is 56.9 Å². The van der Waals surface area contributed by atoms with Crippen molar-refractivity contribution in [2.24, 2.45) is 0 Å². The van der Waals surface area contributed by atoms with Gasteiger partial charge in [0.25, 0.3) is 0 Å². The molecule has 0 unspecified atom stereocenters. The van der Waals surface area contributed by atoms with E-state index in [9.17, 15) is 4.79 Å². The molecule has 0 saturated heterocycles. The fourth-order valence-electron chi connectivity index (χ4n) is 3.46. The molecule has 0 radical (unpaired) electrons. The first kappa shape index (κ1) is 18.3. The number of hydrogen-bond donors (Lipinski definition) is 0. The van der Waals surface area contributed by atoms with Crippen molar-refractivity contribution in [3.63, 3.8) is 0 Å². The third-order valence-corrected chi connectivity index (χ3v) is 5.83. The van der Waals surface area contributed by atoms with Crippen molar-refractivity contribution in [1.29, 1.82) is 0 Å². The van der Waals surface area contributed by atoms with E-state index in [-0.39, 0.29) is 18.1 Å². The first-order valence-corrected chi connectivity index (χ1v) is 9.72. The molecule has 1 heterocycles. The number of benzene rings is 1. The average molecular weight is 378 g/mol. The van der Waals surface area contributed by atoms with Crippen LogP contribution in [0.3, 0.4) is 0 Å². The lowest BCUT2D eigenvalue weighted by Crippen LogP contribution is -2.43. The molecule has 1 aliphatic rings. The highest BCUT2D eigenvalue weighted by Gasteiger charge is 2.38. The largest absolute Gasteiger partial charge is 0.444 e. The molecule has 1 aliphatic carbocycles. The Morgan fingerprint density at radius 1 is 1.28 bits per heavy atom. The Hall–Kier alpha value is -1.52. The summed E-state index contributed by atoms with van der Waals surface area (Å²) in [7, 11) is 1.85. The highest BCUT2D eigenvalue weighted by Crippen LogP contribution is 2.40. The Balaban J connectivity index is 1.85. The van der Waals surface area contributed by atoms with Gasteiger partial charge in [0.1, 0.15) is 5.60 Å². The first-order chi connectivity index (χ1) is 11.7. The van der Waals surface area contributed by atoms with Gasteiger partial charge in [0.05, 0.1) is 4.34 Å². The summed E-state index contributed by atoms with van der Waals surface area (Å²) in [5, 5.41) is 0. The summed E-state index contributed by atoms with van der Waals surface area (Å²) in [5.74, 6) is 0.253. The van der Waals surface area contributed by atoms with E-state index in [2.05, 4.69) is 30.3 Å². The molecule has 1 aromatic carbocycles. The molecule has 0 fully saturated rings. The maximum absolute atomic E-state index is 12.6. The third kappa shape index (κ3) is 4.18. The van der Waals surface area contributed by atoms with Gasteiger partial charge >= 0.3 is 6.09 Å². The van der Waals surface area contributed by atoms with Gasteiger partial charge in [-0.3, -0.25) is 0 Å². The number of halogens is 1. The number of rotatable bonds is 3. The Kier molecular flexibility index (Phi) is 5.12. The van der Waals surface area contributed by atoms with E-state index in [4.69, 9.17) is 16.3 Å². The second-order valence-corrected chi connectivity index (χ2v) is 9.38. The number of nitrogens with zero attached hydrogens (tertiary/aromatic N) is 1. The maximum atomic E-state index is 12.6. The highest BCUT2D eigenvalue weighted by atomic mass is 35.5. The van der Waals surface area contributed by atoms with Crippen molar-refractivity contribution in [3.05, 3.63) is 56.7 Å². The SMILES string of the molecule is CN(C(=O)OC(C)(C)C)[C@H]1Cc2ccccc2[C@H]1Cc1ccc(Cl)s1. The lowest BCUT2D eigenvalue weighted by atomic mass is 9.93. The van der Waals surface area contributed by atoms with Crippen LogP contribution in [0.15, 0.2) is 36.4 Å². The van der Waals surface area contributed by atoms with Gasteiger partial charge in [-0.1, -0.05) is 35.9 Å². The van der Waals surface area contributed by atoms with Gasteiger partial charge in [-0.25, -0.2) is 4.79 Å². The predicted octanol–water partition coefficient (Wildman–Crippen LogP) is 5.52. The number of fused-ring (bicyclic) bond motifs is 1. The molecule has 1 aromatic heterocycles. The molecule has 0 spiro atoms. The van der Waals surface area contributed by atoms with Gasteiger partial charge in [-0.2, -0.15) is 0 Å². The smallest absolute Gasteiger partial charge is 0.410 e. The fourth-order valence-corrected chi connectivity index (χ4v) is 4.60. The standard InChI is InChI=1S/C20H24ClNO2S/c1-20(2,3)24-19(23)22(4)17-11-13-7-5-6-8-15(13)16(17)12-14-9-10-18(21)25-14/h5-10,16-17H,11-12H2,1-4H3/t16-,17+/m1/s1. The van der Waals surface area contributed by atoms with Crippen LogP contribution < -0.4 is 0 Å². The van der Waals surface area contributed by atoms with Crippen LogP contribution in [0.5, 0.6) is 0 Å². The van der Waals surface area contributed by atoms with Crippen molar-refractivity contribution in [3.8, 4) is 0 Å². The first-order valence-electron chi connectivity index (χ1n) is 8.52. The number of carbonyl (C=O) groups is 1. The van der Waals surface area contributed by atoms with Gasteiger partial charge in [0.15, 0.2) is 0 Å². The number of likely N-dealkylation sites (N-methyl/N-ethyl adjacent to an activating group) is 1. The van der Waals surface area contributed by atoms with Gasteiger partial charge in [0, 0.05) is 23.9 Å². The van der Waals surface area contributed by atoms with Crippen molar-refractivity contribution in [2.45, 2.75) is 51.2 Å². The van der Waals surface area contributed by atoms with Crippen LogP contribution in [-0.2, 0) is 17.6 Å². The summed E-state index contributed by atoms with van der Waals surface area (Å²) < 4.78 is 6.39. The molecule has 0 bridgehead atoms. The van der Waals surface area contributed by atoms with Crippen LogP contribution >= 0.6 is 22.9 Å². The van der Waals surface area contributed by atoms with Crippen molar-refractivity contribution >= 4 is 29.0 Å². The zero-order chi connectivity index (χ0) is 18.2. The number of amides is 1. The van der Waals surface area contributed by atoms with E-state index in [0.29, 0.717) is 0 Å². The van der Waals surface area contributed by atoms with Crippen LogP contribution in [0.1, 0.15) is 42.7 Å². The number of ether oxygens (including phenoxy) is 1. The van der Waals surface area contributed by atoms with Crippen molar-refractivity contribution in [1.82, 2.24) is 4.90 Å². The minimum absolute atomic E-state index is 0.0909. The summed E-state index contributed by atoms with van der Waals surface area (Å²) in [4.78, 5) is 15.6. The summed E-state index contributed by atoms with van der Waals surface area (Å²) in [6.07, 6.45) is 1.47. The molecule has 25 heavy (non-hydrogen) atoms. The van der Waals surface area contributed by atoms with Gasteiger partial charge in [0.2, 0.25) is 0 Å². The van der Waals surface area contributed by atoms with Crippen LogP contribution in [0.4, 0.5) is 4.79 Å². The Bertz CT molecular complexity index is 765. The van der Waals surface area contributed by atoms with Crippen LogP contribution in [-0.4, -0.2) is 29.7 Å². The average Bonchev–Trinajstić information content (AvgIpc) is 3.09. The summed E-state index contributed by atoms with van der Waals surface area (Å²) in [5.41, 5.74) is 2.15. The van der Waals surface area contributed by atoms with E-state index in [1.165, 1.54) is 16.0 Å². The summed E-state index contributed by atoms with van der Waals surface area (Å²) >= 11 is 7.71. The second-order valence-electron chi connectivity index (χ2n) is 7.58. The zero-order valence-corrected chi connectivity index (χ0v) is 16.7. The Morgan fingerprint density at radius 2 is 2.00 bits per heavy atom. The monoisotopic (exact) mass is 377 g/mol. The molecular formula is C20H24ClNO2S. The lowest BCUT2D eigenvalue weighted by molar-refractivity contribution is 0.0207. The fraction of sp³-hybridized carbons (Fsp3) is 0.450. The second kappa shape index (κ2) is 7.00. The molecule has 0 aliphatic heterocycles. The minimum atomic E-state index is -0.492. The van der Waals surface area contributed by atoms with Crippen molar-refractivity contribution in [2.75, 3.05) is 7.05 Å². The van der Waals surface area contributed by atoms with Gasteiger partial charge in [-0.15, -0.1) is 11.3 Å². The zero-order valence-electron chi connectivity index (χ0n) is 15.1. The van der Waals surface area contributed by atoms with E-state index >= 15 is 0 Å². The van der Waals surface area contributed by atoms with Crippen LogP contribution in [0, 0.1) is 0 Å². The minimum Gasteiger partial charge on any atom is -0.444 e. The van der Waals surface area contributed by atoms with Crippen LogP contribution in [0.2, 0.25) is 4.34 Å². The third-order valence-electron chi connectivity index (χ3n) is 4.58. The van der Waals surface area contributed by atoms with E-state index in [1.807, 2.05) is 33.9 Å². The normalized spacial score (nSPS) is 19.6. The quantitative estimate of drug-likeness (QED) is 0.704. The number of carbonyl (C=O) groups excluding carboxylic acids is 1. The topological polar surface area (TPSA) is 29.5 Å². The van der Waals surface area contributed by atoms with E-state index in [0.717, 1.165) is 17.2 Å². The Morgan fingerprint density at radius 3 is 2.64 bits per heavy atom. The molecule has 134 valence electrons. The molecule has 2 aromatic rings. The summed E-state index contributed by atoms with van der Waals surface area (Å²) in [6.45, 7) is 5.69. The highest BCUT2D eigenvalue weighted by molar-refractivity contribution is 7.16. The molecule has 3 nitrogen and oxygen atoms in total. The molecule has 2 atom stereocenters. The molecule has 5 heteroatoms. The summed E-state index contributed by atoms with van der Waals surface area (Å²) in [6, 6.07) is 12.6. The molecule has 1 amide bonds.